The minimum atomic E-state index is -0.653. The summed E-state index contributed by atoms with van der Waals surface area (Å²) >= 11 is 0. The number of benzene rings is 1. The van der Waals surface area contributed by atoms with Crippen LogP contribution in [-0.2, 0) is 14.3 Å². The number of anilines is 2. The van der Waals surface area contributed by atoms with Crippen molar-refractivity contribution in [2.75, 3.05) is 30.0 Å². The molecule has 2 aromatic rings. The molecule has 0 saturated carbocycles. The molecule has 32 heavy (non-hydrogen) atoms. The molecular formula is C20H21FN6O5. The lowest BCUT2D eigenvalue weighted by Crippen LogP contribution is -2.33. The van der Waals surface area contributed by atoms with Crippen LogP contribution in [0.4, 0.5) is 20.7 Å². The maximum absolute atomic E-state index is 14.8. The van der Waals surface area contributed by atoms with Crippen molar-refractivity contribution in [3.63, 3.8) is 0 Å². The molecule has 0 radical (unpaired) electrons. The molecule has 0 spiro atoms. The molecule has 1 atom stereocenters. The van der Waals surface area contributed by atoms with Gasteiger partial charge in [-0.05, 0) is 30.3 Å². The highest BCUT2D eigenvalue weighted by Crippen LogP contribution is 2.29. The van der Waals surface area contributed by atoms with Crippen LogP contribution in [0, 0.1) is 5.82 Å². The molecule has 1 saturated heterocycles. The zero-order valence-electron chi connectivity index (χ0n) is 17.0. The molecule has 1 aromatic heterocycles. The van der Waals surface area contributed by atoms with E-state index in [1.807, 2.05) is 0 Å². The van der Waals surface area contributed by atoms with Gasteiger partial charge < -0.3 is 20.5 Å². The van der Waals surface area contributed by atoms with Crippen LogP contribution in [0.5, 0.6) is 0 Å². The Morgan fingerprint density at radius 2 is 2.19 bits per heavy atom. The molecule has 12 heteroatoms. The summed E-state index contributed by atoms with van der Waals surface area (Å²) in [4.78, 5) is 39.4. The molecule has 11 nitrogen and oxygen atoms in total. The van der Waals surface area contributed by atoms with Gasteiger partial charge in [-0.1, -0.05) is 0 Å². The number of amides is 3. The van der Waals surface area contributed by atoms with Gasteiger partial charge in [0.1, 0.15) is 30.7 Å². The molecule has 1 aliphatic rings. The number of ether oxygens (including phenoxy) is 1. The number of cyclic esters (lactones) is 1. The lowest BCUT2D eigenvalue weighted by Gasteiger charge is -2.14. The highest BCUT2D eigenvalue weighted by atomic mass is 19.1. The van der Waals surface area contributed by atoms with Gasteiger partial charge in [-0.3, -0.25) is 19.9 Å². The first-order valence-corrected chi connectivity index (χ1v) is 9.53. The fraction of sp³-hybridized carbons (Fsp3) is 0.250. The van der Waals surface area contributed by atoms with Gasteiger partial charge in [-0.2, -0.15) is 5.10 Å². The van der Waals surface area contributed by atoms with Crippen LogP contribution in [-0.4, -0.2) is 60.1 Å². The van der Waals surface area contributed by atoms with Gasteiger partial charge in [-0.15, -0.1) is 0 Å². The number of hydrazone groups is 1. The zero-order valence-corrected chi connectivity index (χ0v) is 17.0. The van der Waals surface area contributed by atoms with Crippen molar-refractivity contribution in [1.29, 1.82) is 0 Å². The summed E-state index contributed by atoms with van der Waals surface area (Å²) < 4.78 is 20.0. The van der Waals surface area contributed by atoms with E-state index in [1.165, 1.54) is 30.2 Å². The third-order valence-electron chi connectivity index (χ3n) is 4.40. The van der Waals surface area contributed by atoms with Crippen LogP contribution in [0.2, 0.25) is 0 Å². The van der Waals surface area contributed by atoms with Crippen molar-refractivity contribution in [3.8, 4) is 11.1 Å². The minimum Gasteiger partial charge on any atom is -0.442 e. The van der Waals surface area contributed by atoms with Gasteiger partial charge in [0.15, 0.2) is 0 Å². The van der Waals surface area contributed by atoms with E-state index in [2.05, 4.69) is 26.1 Å². The van der Waals surface area contributed by atoms with Crippen LogP contribution in [0.3, 0.4) is 0 Å². The number of aliphatic hydroxyl groups is 1. The van der Waals surface area contributed by atoms with Crippen LogP contribution in [0.15, 0.2) is 41.6 Å². The summed E-state index contributed by atoms with van der Waals surface area (Å²) in [5.41, 5.74) is 3.70. The van der Waals surface area contributed by atoms with Crippen LogP contribution >= 0.6 is 0 Å². The third kappa shape index (κ3) is 5.76. The zero-order chi connectivity index (χ0) is 23.1. The van der Waals surface area contributed by atoms with E-state index < -0.39 is 30.5 Å². The Morgan fingerprint density at radius 1 is 1.38 bits per heavy atom. The van der Waals surface area contributed by atoms with E-state index in [-0.39, 0.29) is 24.6 Å². The summed E-state index contributed by atoms with van der Waals surface area (Å²) in [6.07, 6.45) is 1.38. The van der Waals surface area contributed by atoms with Crippen molar-refractivity contribution in [3.05, 3.63) is 42.3 Å². The summed E-state index contributed by atoms with van der Waals surface area (Å²) in [6, 6.07) is 7.56. The monoisotopic (exact) mass is 444 g/mol. The van der Waals surface area contributed by atoms with Crippen molar-refractivity contribution in [2.24, 2.45) is 5.10 Å². The standard InChI is InChI=1S/C20H21FN6O5/c1-12(29)22-8-15-9-27(20(31)32-15)14-3-4-16(17(21)6-14)13-2-5-18(23-7-13)26-25-11-24-19(30)10-28/h2-7,11,15,28H,8-10H2,1H3,(H,22,29)(H,23,26)(H,24,25,30). The van der Waals surface area contributed by atoms with Gasteiger partial charge in [0, 0.05) is 24.2 Å². The lowest BCUT2D eigenvalue weighted by atomic mass is 10.1. The quantitative estimate of drug-likeness (QED) is 0.268. The molecule has 1 aliphatic heterocycles. The van der Waals surface area contributed by atoms with Gasteiger partial charge in [0.25, 0.3) is 5.91 Å². The molecule has 3 rings (SSSR count). The van der Waals surface area contributed by atoms with E-state index in [9.17, 15) is 18.8 Å². The Hall–Kier alpha value is -4.06. The normalized spacial score (nSPS) is 15.5. The fourth-order valence-corrected chi connectivity index (χ4v) is 2.87. The third-order valence-corrected chi connectivity index (χ3v) is 4.40. The molecule has 1 fully saturated rings. The number of nitrogens with one attached hydrogen (secondary N) is 3. The molecule has 168 valence electrons. The van der Waals surface area contributed by atoms with E-state index in [4.69, 9.17) is 9.84 Å². The van der Waals surface area contributed by atoms with Crippen molar-refractivity contribution in [1.82, 2.24) is 15.6 Å². The fourth-order valence-electron chi connectivity index (χ4n) is 2.87. The number of hydrogen-bond acceptors (Lipinski definition) is 8. The second-order valence-corrected chi connectivity index (χ2v) is 6.75. The maximum Gasteiger partial charge on any atom is 0.414 e. The van der Waals surface area contributed by atoms with Gasteiger partial charge >= 0.3 is 6.09 Å². The molecule has 4 N–H and O–H groups in total. The topological polar surface area (TPSA) is 145 Å². The predicted octanol–water partition coefficient (Wildman–Crippen LogP) is 0.813. The van der Waals surface area contributed by atoms with E-state index in [1.54, 1.807) is 18.2 Å². The maximum atomic E-state index is 14.8. The molecule has 1 unspecified atom stereocenters. The van der Waals surface area contributed by atoms with E-state index in [0.29, 0.717) is 17.1 Å². The number of pyridine rings is 1. The first-order chi connectivity index (χ1) is 15.4. The average molecular weight is 444 g/mol. The molecule has 1 aromatic carbocycles. The Labute approximate surface area is 182 Å². The summed E-state index contributed by atoms with van der Waals surface area (Å²) in [5, 5.41) is 17.1. The average Bonchev–Trinajstić information content (AvgIpc) is 3.16. The second kappa shape index (κ2) is 10.3. The van der Waals surface area contributed by atoms with Crippen LogP contribution in [0.1, 0.15) is 6.92 Å². The SMILES string of the molecule is CC(=O)NCC1CN(c2ccc(-c3ccc(N/N=C\NC(=O)CO)nc3)c(F)c2)C(=O)O1. The Kier molecular flexibility index (Phi) is 7.29. The Morgan fingerprint density at radius 3 is 2.84 bits per heavy atom. The summed E-state index contributed by atoms with van der Waals surface area (Å²) in [6.45, 7) is 1.09. The van der Waals surface area contributed by atoms with Crippen LogP contribution < -0.4 is 21.0 Å². The lowest BCUT2D eigenvalue weighted by molar-refractivity contribution is -0.122. The number of halogens is 1. The molecular weight excluding hydrogens is 423 g/mol. The van der Waals surface area contributed by atoms with Crippen LogP contribution in [0.25, 0.3) is 11.1 Å². The number of nitrogens with zero attached hydrogens (tertiary/aromatic N) is 3. The van der Waals surface area contributed by atoms with Gasteiger partial charge in [0.2, 0.25) is 5.91 Å². The van der Waals surface area contributed by atoms with Gasteiger partial charge in [0.05, 0.1) is 18.8 Å². The number of carbonyl (C=O) groups is 3. The first kappa shape index (κ1) is 22.6. The number of rotatable bonds is 8. The largest absolute Gasteiger partial charge is 0.442 e. The second-order valence-electron chi connectivity index (χ2n) is 6.75. The number of carbonyl (C=O) groups excluding carboxylic acids is 3. The first-order valence-electron chi connectivity index (χ1n) is 9.53. The molecule has 3 amide bonds. The van der Waals surface area contributed by atoms with E-state index >= 15 is 0 Å². The van der Waals surface area contributed by atoms with Crippen molar-refractivity contribution >= 4 is 35.8 Å². The van der Waals surface area contributed by atoms with Gasteiger partial charge in [-0.25, -0.2) is 14.2 Å². The Bertz CT molecular complexity index is 1030. The summed E-state index contributed by atoms with van der Waals surface area (Å²) in [5.74, 6) is -1.04. The minimum absolute atomic E-state index is 0.183. The smallest absolute Gasteiger partial charge is 0.414 e. The highest BCUT2D eigenvalue weighted by Gasteiger charge is 2.32. The van der Waals surface area contributed by atoms with E-state index in [0.717, 1.165) is 6.34 Å². The predicted molar refractivity (Wildman–Crippen MR) is 113 cm³/mol. The van der Waals surface area contributed by atoms with Crippen molar-refractivity contribution < 1.29 is 28.6 Å². The number of aromatic nitrogens is 1. The van der Waals surface area contributed by atoms with Crippen molar-refractivity contribution in [2.45, 2.75) is 13.0 Å². The highest BCUT2D eigenvalue weighted by molar-refractivity contribution is 5.90. The number of aliphatic hydroxyl groups excluding tert-OH is 1. The molecule has 0 aliphatic carbocycles. The Balaban J connectivity index is 1.64. The molecule has 0 bridgehead atoms. The molecule has 2 heterocycles. The summed E-state index contributed by atoms with van der Waals surface area (Å²) in [7, 11) is 0. The number of hydrogen-bond donors (Lipinski definition) is 4.